The van der Waals surface area contributed by atoms with Gasteiger partial charge < -0.3 is 9.80 Å². The molecule has 2 aromatic carbocycles. The number of piperazine rings is 1. The number of hydrogen-bond acceptors (Lipinski definition) is 4. The Morgan fingerprint density at radius 1 is 0.903 bits per heavy atom. The lowest BCUT2D eigenvalue weighted by atomic mass is 10.1. The fraction of sp³-hybridized carbons (Fsp3) is 0.261. The molecule has 4 rings (SSSR count). The van der Waals surface area contributed by atoms with Gasteiger partial charge in [0.15, 0.2) is 0 Å². The Morgan fingerprint density at radius 3 is 2.32 bits per heavy atom. The fourth-order valence-corrected chi connectivity index (χ4v) is 4.03. The topological polar surface area (TPSA) is 58.4 Å². The molecular weight excluding hydrogens is 435 g/mol. The summed E-state index contributed by atoms with van der Waals surface area (Å²) in [6.07, 6.45) is 0.225. The molecular formula is C23H22Cl2N4O2. The summed E-state index contributed by atoms with van der Waals surface area (Å²) in [4.78, 5) is 28.9. The number of para-hydroxylation sites is 1. The number of carbonyl (C=O) groups excluding carboxylic acids is 1. The summed E-state index contributed by atoms with van der Waals surface area (Å²) in [5.74, 6) is 0.0180. The molecule has 1 aliphatic heterocycles. The number of carbonyl (C=O) groups is 1. The second kappa shape index (κ2) is 9.54. The Bertz CT molecular complexity index is 1120. The highest BCUT2D eigenvalue weighted by molar-refractivity contribution is 6.33. The van der Waals surface area contributed by atoms with Gasteiger partial charge in [-0.25, -0.2) is 4.68 Å². The van der Waals surface area contributed by atoms with Gasteiger partial charge >= 0.3 is 0 Å². The normalized spacial score (nSPS) is 14.0. The van der Waals surface area contributed by atoms with Crippen molar-refractivity contribution in [3.63, 3.8) is 0 Å². The van der Waals surface area contributed by atoms with Gasteiger partial charge in [-0.05, 0) is 30.3 Å². The van der Waals surface area contributed by atoms with Crippen molar-refractivity contribution in [2.75, 3.05) is 31.1 Å². The van der Waals surface area contributed by atoms with Crippen molar-refractivity contribution in [1.82, 2.24) is 14.7 Å². The maximum absolute atomic E-state index is 12.7. The first kappa shape index (κ1) is 21.4. The molecule has 1 amide bonds. The third-order valence-corrected chi connectivity index (χ3v) is 5.94. The quantitative estimate of drug-likeness (QED) is 0.582. The lowest BCUT2D eigenvalue weighted by Crippen LogP contribution is -2.49. The summed E-state index contributed by atoms with van der Waals surface area (Å²) in [5.41, 5.74) is 2.29. The number of nitrogens with zero attached hydrogens (tertiary/aromatic N) is 4. The molecule has 0 N–H and O–H groups in total. The molecule has 8 heteroatoms. The molecule has 31 heavy (non-hydrogen) atoms. The monoisotopic (exact) mass is 456 g/mol. The number of anilines is 1. The van der Waals surface area contributed by atoms with Crippen molar-refractivity contribution in [2.24, 2.45) is 0 Å². The molecule has 1 saturated heterocycles. The van der Waals surface area contributed by atoms with Crippen molar-refractivity contribution in [3.05, 3.63) is 81.1 Å². The molecule has 1 aliphatic rings. The molecule has 0 aliphatic carbocycles. The van der Waals surface area contributed by atoms with E-state index >= 15 is 0 Å². The fourth-order valence-electron chi connectivity index (χ4n) is 3.65. The summed E-state index contributed by atoms with van der Waals surface area (Å²) in [5, 5.41) is 5.77. The van der Waals surface area contributed by atoms with E-state index in [9.17, 15) is 9.59 Å². The van der Waals surface area contributed by atoms with Gasteiger partial charge in [-0.3, -0.25) is 9.59 Å². The summed E-state index contributed by atoms with van der Waals surface area (Å²) < 4.78 is 1.35. The first-order chi connectivity index (χ1) is 15.0. The Kier molecular flexibility index (Phi) is 6.59. The van der Waals surface area contributed by atoms with E-state index in [0.29, 0.717) is 28.8 Å². The van der Waals surface area contributed by atoms with Gasteiger partial charge in [-0.2, -0.15) is 5.10 Å². The van der Waals surface area contributed by atoms with E-state index in [2.05, 4.69) is 10.00 Å². The van der Waals surface area contributed by atoms with E-state index in [1.807, 2.05) is 41.3 Å². The van der Waals surface area contributed by atoms with Crippen LogP contribution in [0.2, 0.25) is 10.0 Å². The second-order valence-corrected chi connectivity index (χ2v) is 8.20. The second-order valence-electron chi connectivity index (χ2n) is 7.36. The van der Waals surface area contributed by atoms with Crippen LogP contribution in [0.1, 0.15) is 6.42 Å². The maximum atomic E-state index is 12.7. The summed E-state index contributed by atoms with van der Waals surface area (Å²) in [7, 11) is 0. The molecule has 0 radical (unpaired) electrons. The van der Waals surface area contributed by atoms with Gasteiger partial charge in [-0.15, -0.1) is 0 Å². The van der Waals surface area contributed by atoms with Crippen molar-refractivity contribution in [1.29, 1.82) is 0 Å². The average molecular weight is 457 g/mol. The van der Waals surface area contributed by atoms with Crippen LogP contribution in [0.15, 0.2) is 65.5 Å². The molecule has 0 atom stereocenters. The van der Waals surface area contributed by atoms with E-state index in [0.717, 1.165) is 24.3 Å². The molecule has 0 bridgehead atoms. The Hall–Kier alpha value is -2.83. The number of amides is 1. The smallest absolute Gasteiger partial charge is 0.266 e. The Morgan fingerprint density at radius 2 is 1.61 bits per heavy atom. The van der Waals surface area contributed by atoms with Crippen LogP contribution in [0.3, 0.4) is 0 Å². The van der Waals surface area contributed by atoms with Crippen molar-refractivity contribution >= 4 is 34.8 Å². The van der Waals surface area contributed by atoms with Crippen LogP contribution in [0.5, 0.6) is 0 Å². The molecule has 6 nitrogen and oxygen atoms in total. The molecule has 2 heterocycles. The molecule has 0 unspecified atom stereocenters. The van der Waals surface area contributed by atoms with E-state index in [-0.39, 0.29) is 24.4 Å². The zero-order chi connectivity index (χ0) is 21.8. The molecule has 160 valence electrons. The standard InChI is InChI=1S/C23H22Cl2N4O2/c24-18-7-5-17(6-8-18)20-9-10-23(31)29(26-20)12-11-22(30)28-15-13-27(14-16-28)21-4-2-1-3-19(21)25/h1-10H,11-16H2. The summed E-state index contributed by atoms with van der Waals surface area (Å²) in [6, 6.07) is 18.1. The highest BCUT2D eigenvalue weighted by Crippen LogP contribution is 2.26. The van der Waals surface area contributed by atoms with Gasteiger partial charge in [0.05, 0.1) is 22.9 Å². The highest BCUT2D eigenvalue weighted by atomic mass is 35.5. The number of aromatic nitrogens is 2. The highest BCUT2D eigenvalue weighted by Gasteiger charge is 2.22. The largest absolute Gasteiger partial charge is 0.367 e. The number of hydrogen-bond donors (Lipinski definition) is 0. The van der Waals surface area contributed by atoms with Crippen LogP contribution in [-0.2, 0) is 11.3 Å². The molecule has 1 fully saturated rings. The van der Waals surface area contributed by atoms with E-state index < -0.39 is 0 Å². The Labute approximate surface area is 190 Å². The summed E-state index contributed by atoms with van der Waals surface area (Å²) >= 11 is 12.2. The lowest BCUT2D eigenvalue weighted by Gasteiger charge is -2.36. The number of benzene rings is 2. The van der Waals surface area contributed by atoms with E-state index in [4.69, 9.17) is 23.2 Å². The third kappa shape index (κ3) is 5.09. The van der Waals surface area contributed by atoms with Crippen LogP contribution >= 0.6 is 23.2 Å². The molecule has 3 aromatic rings. The number of rotatable bonds is 5. The Balaban J connectivity index is 1.36. The van der Waals surface area contributed by atoms with Gasteiger partial charge in [0, 0.05) is 49.3 Å². The van der Waals surface area contributed by atoms with E-state index in [1.165, 1.54) is 10.7 Å². The van der Waals surface area contributed by atoms with Crippen LogP contribution in [0.4, 0.5) is 5.69 Å². The average Bonchev–Trinajstić information content (AvgIpc) is 2.79. The minimum atomic E-state index is -0.228. The molecule has 0 spiro atoms. The number of aryl methyl sites for hydroxylation is 1. The van der Waals surface area contributed by atoms with Crippen LogP contribution in [0, 0.1) is 0 Å². The minimum absolute atomic E-state index is 0.0180. The van der Waals surface area contributed by atoms with E-state index in [1.54, 1.807) is 18.2 Å². The predicted molar refractivity (Wildman–Crippen MR) is 124 cm³/mol. The van der Waals surface area contributed by atoms with Crippen LogP contribution < -0.4 is 10.5 Å². The predicted octanol–water partition coefficient (Wildman–Crippen LogP) is 3.96. The van der Waals surface area contributed by atoms with Gasteiger partial charge in [0.2, 0.25) is 5.91 Å². The zero-order valence-corrected chi connectivity index (χ0v) is 18.4. The van der Waals surface area contributed by atoms with Crippen LogP contribution in [-0.4, -0.2) is 46.8 Å². The van der Waals surface area contributed by atoms with Crippen LogP contribution in [0.25, 0.3) is 11.3 Å². The lowest BCUT2D eigenvalue weighted by molar-refractivity contribution is -0.131. The molecule has 0 saturated carbocycles. The van der Waals surface area contributed by atoms with Gasteiger partial charge in [-0.1, -0.05) is 47.5 Å². The zero-order valence-electron chi connectivity index (χ0n) is 16.9. The van der Waals surface area contributed by atoms with Crippen molar-refractivity contribution in [3.8, 4) is 11.3 Å². The summed E-state index contributed by atoms with van der Waals surface area (Å²) in [6.45, 7) is 2.93. The number of halogens is 2. The first-order valence-corrected chi connectivity index (χ1v) is 10.9. The van der Waals surface area contributed by atoms with Gasteiger partial charge in [0.1, 0.15) is 0 Å². The van der Waals surface area contributed by atoms with Crippen molar-refractivity contribution in [2.45, 2.75) is 13.0 Å². The van der Waals surface area contributed by atoms with Gasteiger partial charge in [0.25, 0.3) is 5.56 Å². The maximum Gasteiger partial charge on any atom is 0.266 e. The SMILES string of the molecule is O=C(CCn1nc(-c2ccc(Cl)cc2)ccc1=O)N1CCN(c2ccccc2Cl)CC1. The first-order valence-electron chi connectivity index (χ1n) is 10.1. The third-order valence-electron chi connectivity index (χ3n) is 5.37. The molecule has 1 aromatic heterocycles. The minimum Gasteiger partial charge on any atom is -0.367 e. The van der Waals surface area contributed by atoms with Crippen molar-refractivity contribution < 1.29 is 4.79 Å².